The van der Waals surface area contributed by atoms with Crippen molar-refractivity contribution >= 4 is 0 Å². The zero-order valence-corrected chi connectivity index (χ0v) is 5.86. The number of aliphatic hydroxyl groups is 2. The number of aliphatic hydroxyl groups excluding tert-OH is 2. The van der Waals surface area contributed by atoms with Crippen LogP contribution >= 0.6 is 0 Å². The molecule has 0 aliphatic carbocycles. The highest BCUT2D eigenvalue weighted by atomic mass is 16.6. The number of methoxy groups -OCH3 is 1. The van der Waals surface area contributed by atoms with Crippen LogP contribution in [0.1, 0.15) is 0 Å². The summed E-state index contributed by atoms with van der Waals surface area (Å²) in [6.07, 6.45) is -1.43. The van der Waals surface area contributed by atoms with E-state index in [0.29, 0.717) is 6.61 Å². The highest BCUT2D eigenvalue weighted by molar-refractivity contribution is 4.83. The zero-order valence-electron chi connectivity index (χ0n) is 5.86. The van der Waals surface area contributed by atoms with Crippen molar-refractivity contribution in [2.75, 3.05) is 20.3 Å². The molecule has 0 radical (unpaired) electrons. The van der Waals surface area contributed by atoms with Gasteiger partial charge in [0.25, 0.3) is 0 Å². The average molecular weight is 148 g/mol. The van der Waals surface area contributed by atoms with Crippen molar-refractivity contribution in [3.8, 4) is 0 Å². The highest BCUT2D eigenvalue weighted by Gasteiger charge is 2.35. The predicted molar refractivity (Wildman–Crippen MR) is 33.6 cm³/mol. The Morgan fingerprint density at radius 1 is 1.70 bits per heavy atom. The number of rotatable bonds is 2. The summed E-state index contributed by atoms with van der Waals surface area (Å²) in [5.74, 6) is 0. The summed E-state index contributed by atoms with van der Waals surface area (Å²) < 4.78 is 9.86. The van der Waals surface area contributed by atoms with Gasteiger partial charge in [0.05, 0.1) is 13.2 Å². The molecular formula is C6H12O4. The van der Waals surface area contributed by atoms with E-state index in [4.69, 9.17) is 14.6 Å². The molecule has 1 aliphatic heterocycles. The maximum Gasteiger partial charge on any atom is 0.111 e. The third-order valence-electron chi connectivity index (χ3n) is 1.72. The van der Waals surface area contributed by atoms with E-state index in [-0.39, 0.29) is 12.7 Å². The fourth-order valence-electron chi connectivity index (χ4n) is 1.02. The summed E-state index contributed by atoms with van der Waals surface area (Å²) in [6.45, 7) is 0.212. The number of hydrogen-bond acceptors (Lipinski definition) is 4. The first-order chi connectivity index (χ1) is 4.79. The van der Waals surface area contributed by atoms with Crippen LogP contribution in [-0.2, 0) is 9.47 Å². The standard InChI is InChI=1S/C6H12O4/c1-9-5-3-10-4(2-7)6(5)8/h4-8H,2-3H2,1H3/t4?,5-,6?/m1/s1. The minimum atomic E-state index is -0.685. The van der Waals surface area contributed by atoms with Crippen LogP contribution in [0, 0.1) is 0 Å². The van der Waals surface area contributed by atoms with Crippen molar-refractivity contribution in [1.29, 1.82) is 0 Å². The molecule has 0 bridgehead atoms. The van der Waals surface area contributed by atoms with Gasteiger partial charge in [-0.25, -0.2) is 0 Å². The molecule has 1 fully saturated rings. The molecule has 2 unspecified atom stereocenters. The number of hydrogen-bond donors (Lipinski definition) is 2. The van der Waals surface area contributed by atoms with Crippen LogP contribution in [0.25, 0.3) is 0 Å². The minimum absolute atomic E-state index is 0.152. The molecule has 2 N–H and O–H groups in total. The van der Waals surface area contributed by atoms with Crippen LogP contribution in [0.15, 0.2) is 0 Å². The second-order valence-corrected chi connectivity index (χ2v) is 2.32. The molecule has 0 aromatic carbocycles. The van der Waals surface area contributed by atoms with Gasteiger partial charge in [0.1, 0.15) is 18.3 Å². The topological polar surface area (TPSA) is 58.9 Å². The molecule has 10 heavy (non-hydrogen) atoms. The smallest absolute Gasteiger partial charge is 0.111 e. The summed E-state index contributed by atoms with van der Waals surface area (Å²) in [5, 5.41) is 17.8. The highest BCUT2D eigenvalue weighted by Crippen LogP contribution is 2.15. The van der Waals surface area contributed by atoms with E-state index >= 15 is 0 Å². The van der Waals surface area contributed by atoms with Crippen molar-refractivity contribution in [3.63, 3.8) is 0 Å². The Hall–Kier alpha value is -0.160. The molecule has 1 heterocycles. The van der Waals surface area contributed by atoms with E-state index in [2.05, 4.69) is 0 Å². The molecule has 4 heteroatoms. The summed E-state index contributed by atoms with van der Waals surface area (Å²) in [6, 6.07) is 0. The Labute approximate surface area is 59.4 Å². The van der Waals surface area contributed by atoms with Crippen LogP contribution in [-0.4, -0.2) is 48.8 Å². The lowest BCUT2D eigenvalue weighted by atomic mass is 10.2. The Morgan fingerprint density at radius 3 is 2.70 bits per heavy atom. The molecule has 0 amide bonds. The largest absolute Gasteiger partial charge is 0.394 e. The maximum atomic E-state index is 9.24. The summed E-state index contributed by atoms with van der Waals surface area (Å²) >= 11 is 0. The molecule has 60 valence electrons. The van der Waals surface area contributed by atoms with E-state index < -0.39 is 12.2 Å². The monoisotopic (exact) mass is 148 g/mol. The molecule has 3 atom stereocenters. The minimum Gasteiger partial charge on any atom is -0.394 e. The van der Waals surface area contributed by atoms with Crippen molar-refractivity contribution in [1.82, 2.24) is 0 Å². The van der Waals surface area contributed by atoms with E-state index in [0.717, 1.165) is 0 Å². The van der Waals surface area contributed by atoms with Crippen LogP contribution in [0.4, 0.5) is 0 Å². The second-order valence-electron chi connectivity index (χ2n) is 2.32. The van der Waals surface area contributed by atoms with Gasteiger partial charge in [0.2, 0.25) is 0 Å². The Kier molecular flexibility index (Phi) is 2.62. The van der Waals surface area contributed by atoms with Crippen LogP contribution in [0.2, 0.25) is 0 Å². The molecule has 0 saturated carbocycles. The lowest BCUT2D eigenvalue weighted by Crippen LogP contribution is -2.33. The predicted octanol–water partition coefficient (Wildman–Crippen LogP) is -1.25. The van der Waals surface area contributed by atoms with Crippen LogP contribution < -0.4 is 0 Å². The first-order valence-electron chi connectivity index (χ1n) is 3.23. The van der Waals surface area contributed by atoms with Gasteiger partial charge in [0.15, 0.2) is 0 Å². The van der Waals surface area contributed by atoms with Gasteiger partial charge in [-0.1, -0.05) is 0 Å². The Balaban J connectivity index is 2.41. The molecule has 0 aromatic heterocycles. The molecule has 1 aliphatic rings. The second kappa shape index (κ2) is 3.30. The molecule has 0 aromatic rings. The SMILES string of the molecule is CO[C@@H]1COC(CO)C1O. The Morgan fingerprint density at radius 2 is 2.40 bits per heavy atom. The normalized spacial score (nSPS) is 40.5. The summed E-state index contributed by atoms with van der Waals surface area (Å²) in [4.78, 5) is 0. The van der Waals surface area contributed by atoms with Crippen molar-refractivity contribution < 1.29 is 19.7 Å². The third kappa shape index (κ3) is 1.29. The maximum absolute atomic E-state index is 9.24. The first kappa shape index (κ1) is 7.94. The van der Waals surface area contributed by atoms with Gasteiger partial charge in [-0.2, -0.15) is 0 Å². The quantitative estimate of drug-likeness (QED) is 0.514. The fraction of sp³-hybridized carbons (Fsp3) is 1.00. The van der Waals surface area contributed by atoms with E-state index in [1.165, 1.54) is 7.11 Å². The van der Waals surface area contributed by atoms with Gasteiger partial charge in [0, 0.05) is 7.11 Å². The van der Waals surface area contributed by atoms with E-state index in [1.54, 1.807) is 0 Å². The van der Waals surface area contributed by atoms with Crippen molar-refractivity contribution in [2.24, 2.45) is 0 Å². The summed E-state index contributed by atoms with van der Waals surface area (Å²) in [7, 11) is 1.51. The van der Waals surface area contributed by atoms with Gasteiger partial charge in [-0.05, 0) is 0 Å². The molecule has 4 nitrogen and oxygen atoms in total. The van der Waals surface area contributed by atoms with E-state index in [1.807, 2.05) is 0 Å². The summed E-state index contributed by atoms with van der Waals surface area (Å²) in [5.41, 5.74) is 0. The van der Waals surface area contributed by atoms with Gasteiger partial charge < -0.3 is 19.7 Å². The molecule has 1 saturated heterocycles. The van der Waals surface area contributed by atoms with Gasteiger partial charge in [-0.15, -0.1) is 0 Å². The van der Waals surface area contributed by atoms with Crippen molar-refractivity contribution in [2.45, 2.75) is 18.3 Å². The van der Waals surface area contributed by atoms with Crippen LogP contribution in [0.3, 0.4) is 0 Å². The van der Waals surface area contributed by atoms with E-state index in [9.17, 15) is 5.11 Å². The molecule has 0 spiro atoms. The van der Waals surface area contributed by atoms with Gasteiger partial charge in [-0.3, -0.25) is 0 Å². The van der Waals surface area contributed by atoms with Crippen LogP contribution in [0.5, 0.6) is 0 Å². The lowest BCUT2D eigenvalue weighted by molar-refractivity contribution is -0.0141. The zero-order chi connectivity index (χ0) is 7.56. The molecule has 1 rings (SSSR count). The Bertz CT molecular complexity index is 93.9. The lowest BCUT2D eigenvalue weighted by Gasteiger charge is -2.13. The first-order valence-corrected chi connectivity index (χ1v) is 3.23. The fourth-order valence-corrected chi connectivity index (χ4v) is 1.02. The van der Waals surface area contributed by atoms with Crippen molar-refractivity contribution in [3.05, 3.63) is 0 Å². The third-order valence-corrected chi connectivity index (χ3v) is 1.72. The average Bonchev–Trinajstić information content (AvgIpc) is 2.30. The molecular weight excluding hydrogens is 136 g/mol. The number of ether oxygens (including phenoxy) is 2. The van der Waals surface area contributed by atoms with Gasteiger partial charge >= 0.3 is 0 Å².